The van der Waals surface area contributed by atoms with E-state index in [1.807, 2.05) is 48.7 Å². The van der Waals surface area contributed by atoms with Gasteiger partial charge in [-0.1, -0.05) is 24.3 Å². The third-order valence-electron chi connectivity index (χ3n) is 4.75. The predicted octanol–water partition coefficient (Wildman–Crippen LogP) is 2.42. The third-order valence-corrected chi connectivity index (χ3v) is 4.75. The van der Waals surface area contributed by atoms with Crippen LogP contribution in [0.3, 0.4) is 0 Å². The minimum atomic E-state index is -0.394. The number of amides is 2. The van der Waals surface area contributed by atoms with Crippen molar-refractivity contribution in [1.29, 1.82) is 0 Å². The number of nitrogens with one attached hydrogen (secondary N) is 1. The number of fused-ring (bicyclic) bond motifs is 2. The largest absolute Gasteiger partial charge is 0.496 e. The van der Waals surface area contributed by atoms with Gasteiger partial charge in [0.15, 0.2) is 0 Å². The zero-order chi connectivity index (χ0) is 18.8. The predicted molar refractivity (Wildman–Crippen MR) is 104 cm³/mol. The van der Waals surface area contributed by atoms with Gasteiger partial charge in [-0.25, -0.2) is 4.99 Å². The number of methoxy groups -OCH3 is 1. The number of dihydropyridines is 1. The maximum absolute atomic E-state index is 12.6. The van der Waals surface area contributed by atoms with E-state index in [1.165, 1.54) is 6.08 Å². The summed E-state index contributed by atoms with van der Waals surface area (Å²) in [4.78, 5) is 28.4. The van der Waals surface area contributed by atoms with Crippen LogP contribution in [-0.4, -0.2) is 35.7 Å². The average molecular weight is 361 g/mol. The second-order valence-electron chi connectivity index (χ2n) is 6.35. The van der Waals surface area contributed by atoms with Gasteiger partial charge in [0.25, 0.3) is 5.91 Å². The standard InChI is InChI=1S/C21H19N3O3/c1-27-19-8-4-7-18-15(19)9-11-24(18)12-10-22-21(26)16-13-20(25)23-17-6-3-2-5-14(16)17/h2-9,11,13-14H,10,12H2,1H3,(H,22,26). The Morgan fingerprint density at radius 3 is 3.04 bits per heavy atom. The topological polar surface area (TPSA) is 72.7 Å². The molecule has 2 aliphatic rings. The Labute approximate surface area is 156 Å². The van der Waals surface area contributed by atoms with Crippen molar-refractivity contribution >= 4 is 28.4 Å². The molecule has 0 saturated heterocycles. The van der Waals surface area contributed by atoms with E-state index < -0.39 is 5.91 Å². The first-order chi connectivity index (χ1) is 13.2. The molecule has 0 spiro atoms. The smallest absolute Gasteiger partial charge is 0.270 e. The van der Waals surface area contributed by atoms with Crippen LogP contribution in [0.15, 0.2) is 71.4 Å². The van der Waals surface area contributed by atoms with E-state index >= 15 is 0 Å². The van der Waals surface area contributed by atoms with Gasteiger partial charge < -0.3 is 14.6 Å². The van der Waals surface area contributed by atoms with Gasteiger partial charge >= 0.3 is 0 Å². The molecule has 2 heterocycles. The number of carbonyl (C=O) groups is 2. The fourth-order valence-corrected chi connectivity index (χ4v) is 3.45. The summed E-state index contributed by atoms with van der Waals surface area (Å²) >= 11 is 0. The Balaban J connectivity index is 1.44. The number of aromatic nitrogens is 1. The number of benzene rings is 1. The molecule has 0 saturated carbocycles. The highest BCUT2D eigenvalue weighted by Crippen LogP contribution is 2.26. The number of allylic oxidation sites excluding steroid dienone is 4. The Morgan fingerprint density at radius 2 is 2.19 bits per heavy atom. The number of carbonyl (C=O) groups excluding carboxylic acids is 2. The number of hydrogen-bond donors (Lipinski definition) is 1. The lowest BCUT2D eigenvalue weighted by molar-refractivity contribution is -0.119. The minimum Gasteiger partial charge on any atom is -0.496 e. The van der Waals surface area contributed by atoms with E-state index in [1.54, 1.807) is 13.2 Å². The summed E-state index contributed by atoms with van der Waals surface area (Å²) in [6.45, 7) is 1.06. The molecule has 1 aromatic carbocycles. The van der Waals surface area contributed by atoms with Gasteiger partial charge in [0.05, 0.1) is 24.3 Å². The van der Waals surface area contributed by atoms with Crippen LogP contribution >= 0.6 is 0 Å². The quantitative estimate of drug-likeness (QED) is 0.889. The van der Waals surface area contributed by atoms with Crippen LogP contribution in [0, 0.1) is 5.92 Å². The van der Waals surface area contributed by atoms with Crippen LogP contribution in [-0.2, 0) is 16.1 Å². The molecule has 0 fully saturated rings. The van der Waals surface area contributed by atoms with Crippen molar-refractivity contribution in [3.05, 3.63) is 66.4 Å². The van der Waals surface area contributed by atoms with E-state index in [0.717, 1.165) is 16.7 Å². The van der Waals surface area contributed by atoms with Crippen LogP contribution in [0.25, 0.3) is 10.9 Å². The highest BCUT2D eigenvalue weighted by molar-refractivity contribution is 6.18. The molecule has 2 amide bonds. The summed E-state index contributed by atoms with van der Waals surface area (Å²) in [6.07, 6.45) is 10.6. The lowest BCUT2D eigenvalue weighted by atomic mass is 9.87. The molecule has 1 N–H and O–H groups in total. The normalized spacial score (nSPS) is 18.1. The summed E-state index contributed by atoms with van der Waals surface area (Å²) in [7, 11) is 1.65. The molecule has 0 radical (unpaired) electrons. The number of rotatable bonds is 5. The molecule has 6 nitrogen and oxygen atoms in total. The van der Waals surface area contributed by atoms with Gasteiger partial charge in [0, 0.05) is 36.3 Å². The molecular weight excluding hydrogens is 342 g/mol. The fraction of sp³-hybridized carbons (Fsp3) is 0.190. The third kappa shape index (κ3) is 3.21. The summed E-state index contributed by atoms with van der Waals surface area (Å²) < 4.78 is 7.44. The van der Waals surface area contributed by atoms with Crippen LogP contribution in [0.4, 0.5) is 0 Å². The average Bonchev–Trinajstić information content (AvgIpc) is 3.10. The second-order valence-corrected chi connectivity index (χ2v) is 6.35. The highest BCUT2D eigenvalue weighted by atomic mass is 16.5. The zero-order valence-corrected chi connectivity index (χ0v) is 14.9. The molecule has 2 aromatic rings. The number of ether oxygens (including phenoxy) is 1. The number of aliphatic imine (C=N–C) groups is 1. The van der Waals surface area contributed by atoms with Gasteiger partial charge in [-0.15, -0.1) is 0 Å². The molecule has 27 heavy (non-hydrogen) atoms. The van der Waals surface area contributed by atoms with E-state index in [-0.39, 0.29) is 11.8 Å². The number of nitrogens with zero attached hydrogens (tertiary/aromatic N) is 2. The fourth-order valence-electron chi connectivity index (χ4n) is 3.45. The van der Waals surface area contributed by atoms with Crippen molar-refractivity contribution in [1.82, 2.24) is 9.88 Å². The SMILES string of the molecule is COc1cccc2c1ccn2CCNC(=O)C1=CC(=O)N=C2C=CC=CC12. The van der Waals surface area contributed by atoms with Crippen LogP contribution in [0.2, 0.25) is 0 Å². The molecule has 1 aliphatic heterocycles. The molecule has 0 bridgehead atoms. The molecular formula is C21H19N3O3. The van der Waals surface area contributed by atoms with Crippen molar-refractivity contribution in [2.24, 2.45) is 10.9 Å². The summed E-state index contributed by atoms with van der Waals surface area (Å²) in [6, 6.07) is 7.88. The summed E-state index contributed by atoms with van der Waals surface area (Å²) in [5.74, 6) is -0.0703. The van der Waals surface area contributed by atoms with E-state index in [9.17, 15) is 9.59 Å². The van der Waals surface area contributed by atoms with E-state index in [2.05, 4.69) is 14.9 Å². The maximum atomic E-state index is 12.6. The highest BCUT2D eigenvalue weighted by Gasteiger charge is 2.28. The Bertz CT molecular complexity index is 1040. The minimum absolute atomic E-state index is 0.241. The van der Waals surface area contributed by atoms with Gasteiger partial charge in [0.1, 0.15) is 5.75 Å². The van der Waals surface area contributed by atoms with Crippen molar-refractivity contribution in [3.63, 3.8) is 0 Å². The molecule has 1 aromatic heterocycles. The van der Waals surface area contributed by atoms with E-state index in [4.69, 9.17) is 4.74 Å². The Kier molecular flexibility index (Phi) is 4.46. The Morgan fingerprint density at radius 1 is 1.30 bits per heavy atom. The zero-order valence-electron chi connectivity index (χ0n) is 14.9. The molecule has 1 aliphatic carbocycles. The van der Waals surface area contributed by atoms with Crippen molar-refractivity contribution in [2.75, 3.05) is 13.7 Å². The first-order valence-corrected chi connectivity index (χ1v) is 8.76. The van der Waals surface area contributed by atoms with Gasteiger partial charge in [-0.05, 0) is 24.3 Å². The van der Waals surface area contributed by atoms with Crippen molar-refractivity contribution in [3.8, 4) is 5.75 Å². The first kappa shape index (κ1) is 17.0. The molecule has 136 valence electrons. The van der Waals surface area contributed by atoms with E-state index in [0.29, 0.717) is 24.4 Å². The van der Waals surface area contributed by atoms with Gasteiger partial charge in [-0.2, -0.15) is 0 Å². The number of hydrogen-bond acceptors (Lipinski definition) is 3. The maximum Gasteiger partial charge on any atom is 0.270 e. The van der Waals surface area contributed by atoms with Gasteiger partial charge in [0.2, 0.25) is 5.91 Å². The monoisotopic (exact) mass is 361 g/mol. The Hall–Kier alpha value is -3.41. The second kappa shape index (κ2) is 7.07. The first-order valence-electron chi connectivity index (χ1n) is 8.76. The molecule has 1 atom stereocenters. The lowest BCUT2D eigenvalue weighted by Gasteiger charge is -2.21. The molecule has 4 rings (SSSR count). The van der Waals surface area contributed by atoms with Crippen LogP contribution in [0.5, 0.6) is 5.75 Å². The molecule has 1 unspecified atom stereocenters. The van der Waals surface area contributed by atoms with Gasteiger partial charge in [-0.3, -0.25) is 9.59 Å². The van der Waals surface area contributed by atoms with Crippen LogP contribution < -0.4 is 10.1 Å². The summed E-state index contributed by atoms with van der Waals surface area (Å²) in [5.41, 5.74) is 2.09. The summed E-state index contributed by atoms with van der Waals surface area (Å²) in [5, 5.41) is 3.95. The molecule has 6 heteroatoms. The van der Waals surface area contributed by atoms with Crippen molar-refractivity contribution in [2.45, 2.75) is 6.54 Å². The lowest BCUT2D eigenvalue weighted by Crippen LogP contribution is -2.34. The van der Waals surface area contributed by atoms with Crippen LogP contribution in [0.1, 0.15) is 0 Å². The van der Waals surface area contributed by atoms with Crippen molar-refractivity contribution < 1.29 is 14.3 Å².